The highest BCUT2D eigenvalue weighted by Gasteiger charge is 2.42. The number of halogens is 1. The molecule has 4 rings (SSSR count). The highest BCUT2D eigenvalue weighted by molar-refractivity contribution is 6.30. The minimum Gasteiger partial charge on any atom is -0.350 e. The molecule has 9 nitrogen and oxygen atoms in total. The molecule has 166 valence electrons. The molecule has 2 aliphatic heterocycles. The molecule has 2 fully saturated rings. The van der Waals surface area contributed by atoms with Crippen LogP contribution in [0, 0.1) is 11.8 Å². The van der Waals surface area contributed by atoms with Crippen molar-refractivity contribution in [2.45, 2.75) is 51.7 Å². The van der Waals surface area contributed by atoms with Crippen LogP contribution in [-0.2, 0) is 16.1 Å². The molecular formula is C21H28ClN7O2. The van der Waals surface area contributed by atoms with Crippen molar-refractivity contribution in [1.29, 1.82) is 0 Å². The first-order valence-electron chi connectivity index (χ1n) is 10.8. The third-order valence-electron chi connectivity index (χ3n) is 6.32. The molecule has 3 atom stereocenters. The third-order valence-corrected chi connectivity index (χ3v) is 6.56. The molecule has 0 bridgehead atoms. The van der Waals surface area contributed by atoms with Crippen LogP contribution < -0.4 is 10.6 Å². The van der Waals surface area contributed by atoms with Crippen molar-refractivity contribution in [2.24, 2.45) is 11.8 Å². The van der Waals surface area contributed by atoms with Crippen molar-refractivity contribution in [3.63, 3.8) is 0 Å². The van der Waals surface area contributed by atoms with E-state index in [2.05, 4.69) is 40.0 Å². The monoisotopic (exact) mass is 445 g/mol. The summed E-state index contributed by atoms with van der Waals surface area (Å²) in [6.45, 7) is 6.04. The highest BCUT2D eigenvalue weighted by Crippen LogP contribution is 2.28. The smallest absolute Gasteiger partial charge is 0.243 e. The van der Waals surface area contributed by atoms with Crippen molar-refractivity contribution in [1.82, 2.24) is 35.7 Å². The molecule has 0 spiro atoms. The van der Waals surface area contributed by atoms with Crippen LogP contribution >= 0.6 is 11.6 Å². The Morgan fingerprint density at radius 2 is 2.16 bits per heavy atom. The van der Waals surface area contributed by atoms with Crippen LogP contribution in [0.25, 0.3) is 5.69 Å². The zero-order chi connectivity index (χ0) is 22.0. The summed E-state index contributed by atoms with van der Waals surface area (Å²) in [6.07, 6.45) is 3.99. The van der Waals surface area contributed by atoms with Gasteiger partial charge in [0.2, 0.25) is 11.8 Å². The van der Waals surface area contributed by atoms with Gasteiger partial charge in [-0.25, -0.2) is 4.68 Å². The van der Waals surface area contributed by atoms with Gasteiger partial charge in [-0.1, -0.05) is 25.4 Å². The number of likely N-dealkylation sites (tertiary alicyclic amines) is 1. The lowest BCUT2D eigenvalue weighted by atomic mass is 9.88. The van der Waals surface area contributed by atoms with E-state index in [1.54, 1.807) is 17.0 Å². The molecule has 2 amide bonds. The van der Waals surface area contributed by atoms with Gasteiger partial charge in [0.15, 0.2) is 0 Å². The first kappa shape index (κ1) is 21.7. The lowest BCUT2D eigenvalue weighted by molar-refractivity contribution is -0.140. The van der Waals surface area contributed by atoms with Crippen LogP contribution in [0.2, 0.25) is 5.02 Å². The van der Waals surface area contributed by atoms with Crippen LogP contribution in [0.4, 0.5) is 0 Å². The van der Waals surface area contributed by atoms with E-state index >= 15 is 0 Å². The number of rotatable bonds is 6. The van der Waals surface area contributed by atoms with E-state index in [-0.39, 0.29) is 24.4 Å². The molecule has 2 N–H and O–H groups in total. The number of carbonyl (C=O) groups is 2. The van der Waals surface area contributed by atoms with Gasteiger partial charge in [0.25, 0.3) is 0 Å². The normalized spacial score (nSPS) is 23.5. The van der Waals surface area contributed by atoms with Gasteiger partial charge in [-0.15, -0.1) is 5.10 Å². The SMILES string of the molecule is CC(C)C1CCNC1C(=O)N1CCC[C@H]1C(=O)NCc1cc(Cl)ccc1-n1cnnn1. The van der Waals surface area contributed by atoms with E-state index < -0.39 is 6.04 Å². The van der Waals surface area contributed by atoms with Crippen LogP contribution in [0.1, 0.15) is 38.7 Å². The van der Waals surface area contributed by atoms with Gasteiger partial charge in [-0.05, 0) is 71.8 Å². The predicted octanol–water partition coefficient (Wildman–Crippen LogP) is 1.56. The van der Waals surface area contributed by atoms with Crippen molar-refractivity contribution in [3.05, 3.63) is 35.1 Å². The van der Waals surface area contributed by atoms with Gasteiger partial charge >= 0.3 is 0 Å². The lowest BCUT2D eigenvalue weighted by Crippen LogP contribution is -2.52. The van der Waals surface area contributed by atoms with Gasteiger partial charge in [0, 0.05) is 18.1 Å². The standard InChI is InChI=1S/C21H28ClN7O2/c1-13(2)16-7-8-23-19(16)21(31)28-9-3-4-18(28)20(30)24-11-14-10-15(22)5-6-17(14)29-12-25-26-27-29/h5-6,10,12-13,16,18-19,23H,3-4,7-9,11H2,1-2H3,(H,24,30)/t16?,18-,19?/m0/s1. The number of nitrogens with zero attached hydrogens (tertiary/aromatic N) is 5. The summed E-state index contributed by atoms with van der Waals surface area (Å²) < 4.78 is 1.53. The molecule has 0 radical (unpaired) electrons. The van der Waals surface area contributed by atoms with Gasteiger partial charge in [0.05, 0.1) is 11.7 Å². The number of hydrogen-bond acceptors (Lipinski definition) is 6. The number of aromatic nitrogens is 4. The Labute approximate surface area is 186 Å². The van der Waals surface area contributed by atoms with Crippen molar-refractivity contribution >= 4 is 23.4 Å². The quantitative estimate of drug-likeness (QED) is 0.699. The van der Waals surface area contributed by atoms with E-state index in [0.717, 1.165) is 30.6 Å². The van der Waals surface area contributed by atoms with Crippen LogP contribution in [-0.4, -0.2) is 62.1 Å². The van der Waals surface area contributed by atoms with Crippen LogP contribution in [0.3, 0.4) is 0 Å². The Kier molecular flexibility index (Phi) is 6.52. The van der Waals surface area contributed by atoms with Gasteiger partial charge in [-0.3, -0.25) is 9.59 Å². The molecule has 1 aromatic carbocycles. The van der Waals surface area contributed by atoms with E-state index in [1.807, 2.05) is 6.07 Å². The second-order valence-corrected chi connectivity index (χ2v) is 9.00. The Morgan fingerprint density at radius 3 is 2.90 bits per heavy atom. The molecule has 31 heavy (non-hydrogen) atoms. The molecular weight excluding hydrogens is 418 g/mol. The number of amides is 2. The minimum atomic E-state index is -0.446. The molecule has 0 saturated carbocycles. The third kappa shape index (κ3) is 4.57. The summed E-state index contributed by atoms with van der Waals surface area (Å²) in [6, 6.07) is 4.70. The Morgan fingerprint density at radius 1 is 1.32 bits per heavy atom. The fourth-order valence-corrected chi connectivity index (χ4v) is 4.88. The molecule has 2 unspecified atom stereocenters. The topological polar surface area (TPSA) is 105 Å². The first-order valence-corrected chi connectivity index (χ1v) is 11.2. The van der Waals surface area contributed by atoms with E-state index in [0.29, 0.717) is 29.8 Å². The summed E-state index contributed by atoms with van der Waals surface area (Å²) >= 11 is 6.16. The minimum absolute atomic E-state index is 0.0472. The van der Waals surface area contributed by atoms with E-state index in [4.69, 9.17) is 11.6 Å². The fraction of sp³-hybridized carbons (Fsp3) is 0.571. The van der Waals surface area contributed by atoms with Gasteiger partial charge < -0.3 is 15.5 Å². The van der Waals surface area contributed by atoms with E-state index in [1.165, 1.54) is 11.0 Å². The molecule has 2 aromatic rings. The first-order chi connectivity index (χ1) is 15.0. The maximum Gasteiger partial charge on any atom is 0.243 e. The molecule has 1 aromatic heterocycles. The second-order valence-electron chi connectivity index (χ2n) is 8.56. The van der Waals surface area contributed by atoms with Crippen molar-refractivity contribution in [3.8, 4) is 5.69 Å². The molecule has 10 heteroatoms. The maximum absolute atomic E-state index is 13.2. The molecule has 0 aliphatic carbocycles. The van der Waals surface area contributed by atoms with Gasteiger partial charge in [-0.2, -0.15) is 0 Å². The lowest BCUT2D eigenvalue weighted by Gasteiger charge is -2.30. The van der Waals surface area contributed by atoms with Crippen LogP contribution in [0.5, 0.6) is 0 Å². The zero-order valence-corrected chi connectivity index (χ0v) is 18.5. The largest absolute Gasteiger partial charge is 0.350 e. The second kappa shape index (κ2) is 9.32. The van der Waals surface area contributed by atoms with Crippen molar-refractivity contribution < 1.29 is 9.59 Å². The average molecular weight is 446 g/mol. The summed E-state index contributed by atoms with van der Waals surface area (Å²) in [7, 11) is 0. The van der Waals surface area contributed by atoms with E-state index in [9.17, 15) is 9.59 Å². The Bertz CT molecular complexity index is 934. The maximum atomic E-state index is 13.2. The number of tetrazole rings is 1. The summed E-state index contributed by atoms with van der Waals surface area (Å²) in [5.74, 6) is 0.632. The summed E-state index contributed by atoms with van der Waals surface area (Å²) in [5, 5.41) is 18.2. The number of hydrogen-bond donors (Lipinski definition) is 2. The highest BCUT2D eigenvalue weighted by atomic mass is 35.5. The molecule has 2 saturated heterocycles. The van der Waals surface area contributed by atoms with Crippen molar-refractivity contribution in [2.75, 3.05) is 13.1 Å². The molecule has 3 heterocycles. The predicted molar refractivity (Wildman–Crippen MR) is 115 cm³/mol. The number of carbonyl (C=O) groups excluding carboxylic acids is 2. The molecule has 2 aliphatic rings. The summed E-state index contributed by atoms with van der Waals surface area (Å²) in [5.41, 5.74) is 1.53. The van der Waals surface area contributed by atoms with Crippen LogP contribution in [0.15, 0.2) is 24.5 Å². The summed E-state index contributed by atoms with van der Waals surface area (Å²) in [4.78, 5) is 28.0. The van der Waals surface area contributed by atoms with Gasteiger partial charge in [0.1, 0.15) is 12.4 Å². The Hall–Kier alpha value is -2.52. The number of nitrogens with one attached hydrogen (secondary N) is 2. The Balaban J connectivity index is 1.44. The zero-order valence-electron chi connectivity index (χ0n) is 17.8. The number of benzene rings is 1. The fourth-order valence-electron chi connectivity index (χ4n) is 4.68. The average Bonchev–Trinajstić information content (AvgIpc) is 3.52.